The molecule has 6 heteroatoms. The van der Waals surface area contributed by atoms with E-state index in [0.29, 0.717) is 19.6 Å². The number of carbonyl (C=O) groups is 1. The van der Waals surface area contributed by atoms with E-state index in [-0.39, 0.29) is 5.97 Å². The molecule has 0 aliphatic rings. The van der Waals surface area contributed by atoms with Crippen molar-refractivity contribution in [1.29, 1.82) is 0 Å². The standard InChI is InChI=1S/C14H24ClN3O2/c1-4-11-14(15)12(18(5-2)17-11)10-16-9-7-8-13(19)20-6-3/h16H,4-10H2,1-3H3. The molecule has 1 aromatic heterocycles. The van der Waals surface area contributed by atoms with Gasteiger partial charge in [0.1, 0.15) is 0 Å². The summed E-state index contributed by atoms with van der Waals surface area (Å²) in [7, 11) is 0. The van der Waals surface area contributed by atoms with Gasteiger partial charge in [-0.3, -0.25) is 9.48 Å². The summed E-state index contributed by atoms with van der Waals surface area (Å²) >= 11 is 6.32. The van der Waals surface area contributed by atoms with Gasteiger partial charge in [0.25, 0.3) is 0 Å². The molecule has 5 nitrogen and oxygen atoms in total. The van der Waals surface area contributed by atoms with E-state index in [9.17, 15) is 4.79 Å². The van der Waals surface area contributed by atoms with Crippen LogP contribution in [0.15, 0.2) is 0 Å². The van der Waals surface area contributed by atoms with Crippen molar-refractivity contribution in [3.8, 4) is 0 Å². The van der Waals surface area contributed by atoms with Crippen molar-refractivity contribution in [1.82, 2.24) is 15.1 Å². The number of hydrogen-bond donors (Lipinski definition) is 1. The lowest BCUT2D eigenvalue weighted by atomic mass is 10.3. The third-order valence-electron chi connectivity index (χ3n) is 3.03. The van der Waals surface area contributed by atoms with E-state index in [1.54, 1.807) is 0 Å². The van der Waals surface area contributed by atoms with Crippen LogP contribution >= 0.6 is 11.6 Å². The van der Waals surface area contributed by atoms with Gasteiger partial charge in [0, 0.05) is 19.5 Å². The number of hydrogen-bond acceptors (Lipinski definition) is 4. The Morgan fingerprint density at radius 1 is 1.40 bits per heavy atom. The summed E-state index contributed by atoms with van der Waals surface area (Å²) in [6.07, 6.45) is 2.04. The Morgan fingerprint density at radius 2 is 2.15 bits per heavy atom. The molecule has 0 aliphatic carbocycles. The van der Waals surface area contributed by atoms with E-state index < -0.39 is 0 Å². The molecule has 0 aromatic carbocycles. The molecule has 1 aromatic rings. The Hall–Kier alpha value is -1.07. The van der Waals surface area contributed by atoms with Crippen molar-refractivity contribution >= 4 is 17.6 Å². The van der Waals surface area contributed by atoms with Crippen LogP contribution in [-0.2, 0) is 29.0 Å². The van der Waals surface area contributed by atoms with Crippen molar-refractivity contribution in [3.63, 3.8) is 0 Å². The van der Waals surface area contributed by atoms with Gasteiger partial charge in [0.05, 0.1) is 23.0 Å². The van der Waals surface area contributed by atoms with Crippen molar-refractivity contribution in [2.75, 3.05) is 13.2 Å². The Morgan fingerprint density at radius 3 is 2.75 bits per heavy atom. The predicted molar refractivity (Wildman–Crippen MR) is 79.9 cm³/mol. The summed E-state index contributed by atoms with van der Waals surface area (Å²) in [6, 6.07) is 0. The van der Waals surface area contributed by atoms with Gasteiger partial charge in [-0.1, -0.05) is 18.5 Å². The van der Waals surface area contributed by atoms with E-state index in [4.69, 9.17) is 16.3 Å². The number of halogens is 1. The minimum atomic E-state index is -0.140. The highest BCUT2D eigenvalue weighted by molar-refractivity contribution is 6.31. The Balaban J connectivity index is 2.38. The molecule has 0 radical (unpaired) electrons. The van der Waals surface area contributed by atoms with Crippen LogP contribution in [0.2, 0.25) is 5.02 Å². The van der Waals surface area contributed by atoms with Gasteiger partial charge in [-0.25, -0.2) is 0 Å². The number of aryl methyl sites for hydroxylation is 2. The lowest BCUT2D eigenvalue weighted by Gasteiger charge is -2.07. The molecular formula is C14H24ClN3O2. The molecule has 0 aliphatic heterocycles. The summed E-state index contributed by atoms with van der Waals surface area (Å²) in [5, 5.41) is 8.52. The monoisotopic (exact) mass is 301 g/mol. The zero-order chi connectivity index (χ0) is 15.0. The van der Waals surface area contributed by atoms with Crippen molar-refractivity contribution < 1.29 is 9.53 Å². The van der Waals surface area contributed by atoms with Crippen LogP contribution in [0, 0.1) is 0 Å². The van der Waals surface area contributed by atoms with Crippen LogP contribution in [0.3, 0.4) is 0 Å². The van der Waals surface area contributed by atoms with Gasteiger partial charge in [-0.15, -0.1) is 0 Å². The topological polar surface area (TPSA) is 56.1 Å². The fourth-order valence-electron chi connectivity index (χ4n) is 1.98. The number of nitrogens with zero attached hydrogens (tertiary/aromatic N) is 2. The second-order valence-electron chi connectivity index (χ2n) is 4.46. The molecule has 0 atom stereocenters. The third kappa shape index (κ3) is 4.80. The van der Waals surface area contributed by atoms with Crippen LogP contribution in [0.5, 0.6) is 0 Å². The summed E-state index contributed by atoms with van der Waals surface area (Å²) in [4.78, 5) is 11.2. The molecule has 0 unspecified atom stereocenters. The Kier molecular flexibility index (Phi) is 7.62. The van der Waals surface area contributed by atoms with Crippen LogP contribution in [0.4, 0.5) is 0 Å². The first-order valence-electron chi connectivity index (χ1n) is 7.24. The summed E-state index contributed by atoms with van der Waals surface area (Å²) < 4.78 is 6.81. The average molecular weight is 302 g/mol. The zero-order valence-electron chi connectivity index (χ0n) is 12.5. The molecular weight excluding hydrogens is 278 g/mol. The second kappa shape index (κ2) is 8.97. The quantitative estimate of drug-likeness (QED) is 0.562. The average Bonchev–Trinajstić information content (AvgIpc) is 2.75. The van der Waals surface area contributed by atoms with Crippen LogP contribution in [0.1, 0.15) is 45.0 Å². The summed E-state index contributed by atoms with van der Waals surface area (Å²) in [5.74, 6) is -0.140. The minimum Gasteiger partial charge on any atom is -0.466 e. The molecule has 0 saturated carbocycles. The van der Waals surface area contributed by atoms with Gasteiger partial charge in [-0.2, -0.15) is 5.10 Å². The van der Waals surface area contributed by atoms with Crippen molar-refractivity contribution in [2.45, 2.75) is 53.1 Å². The van der Waals surface area contributed by atoms with Crippen molar-refractivity contribution in [2.24, 2.45) is 0 Å². The zero-order valence-corrected chi connectivity index (χ0v) is 13.3. The number of aromatic nitrogens is 2. The summed E-state index contributed by atoms with van der Waals surface area (Å²) in [5.41, 5.74) is 1.96. The molecule has 114 valence electrons. The Labute approximate surface area is 125 Å². The SMILES string of the molecule is CCOC(=O)CCCNCc1c(Cl)c(CC)nn1CC. The number of rotatable bonds is 9. The first-order valence-corrected chi connectivity index (χ1v) is 7.62. The highest BCUT2D eigenvalue weighted by Gasteiger charge is 2.13. The molecule has 0 saturated heterocycles. The maximum absolute atomic E-state index is 11.2. The smallest absolute Gasteiger partial charge is 0.305 e. The van der Waals surface area contributed by atoms with Crippen LogP contribution in [-0.4, -0.2) is 28.9 Å². The van der Waals surface area contributed by atoms with Gasteiger partial charge >= 0.3 is 5.97 Å². The second-order valence-corrected chi connectivity index (χ2v) is 4.84. The third-order valence-corrected chi connectivity index (χ3v) is 3.46. The van der Waals surface area contributed by atoms with Gasteiger partial charge in [0.2, 0.25) is 0 Å². The first kappa shape index (κ1) is 17.0. The molecule has 1 heterocycles. The van der Waals surface area contributed by atoms with Gasteiger partial charge < -0.3 is 10.1 Å². The van der Waals surface area contributed by atoms with E-state index in [0.717, 1.165) is 42.3 Å². The molecule has 1 rings (SSSR count). The largest absolute Gasteiger partial charge is 0.466 e. The van der Waals surface area contributed by atoms with Crippen LogP contribution < -0.4 is 5.32 Å². The maximum Gasteiger partial charge on any atom is 0.305 e. The number of esters is 1. The molecule has 1 N–H and O–H groups in total. The fraction of sp³-hybridized carbons (Fsp3) is 0.714. The van der Waals surface area contributed by atoms with Crippen molar-refractivity contribution in [3.05, 3.63) is 16.4 Å². The van der Waals surface area contributed by atoms with E-state index in [1.165, 1.54) is 0 Å². The van der Waals surface area contributed by atoms with Crippen LogP contribution in [0.25, 0.3) is 0 Å². The lowest BCUT2D eigenvalue weighted by molar-refractivity contribution is -0.143. The lowest BCUT2D eigenvalue weighted by Crippen LogP contribution is -2.19. The highest BCUT2D eigenvalue weighted by Crippen LogP contribution is 2.21. The number of nitrogens with one attached hydrogen (secondary N) is 1. The van der Waals surface area contributed by atoms with Gasteiger partial charge in [-0.05, 0) is 33.2 Å². The normalized spacial score (nSPS) is 10.8. The number of carbonyl (C=O) groups excluding carboxylic acids is 1. The fourth-order valence-corrected chi connectivity index (χ4v) is 2.32. The molecule has 0 fully saturated rings. The Bertz CT molecular complexity index is 432. The molecule has 0 spiro atoms. The number of ether oxygens (including phenoxy) is 1. The van der Waals surface area contributed by atoms with E-state index in [2.05, 4.69) is 10.4 Å². The molecule has 20 heavy (non-hydrogen) atoms. The first-order chi connectivity index (χ1) is 9.63. The van der Waals surface area contributed by atoms with E-state index >= 15 is 0 Å². The minimum absolute atomic E-state index is 0.140. The molecule has 0 amide bonds. The maximum atomic E-state index is 11.2. The molecule has 0 bridgehead atoms. The summed E-state index contributed by atoms with van der Waals surface area (Å²) in [6.45, 7) is 8.58. The van der Waals surface area contributed by atoms with E-state index in [1.807, 2.05) is 25.5 Å². The highest BCUT2D eigenvalue weighted by atomic mass is 35.5. The predicted octanol–water partition coefficient (Wildman–Crippen LogP) is 2.55. The van der Waals surface area contributed by atoms with Gasteiger partial charge in [0.15, 0.2) is 0 Å².